The zero-order chi connectivity index (χ0) is 31.1. The van der Waals surface area contributed by atoms with E-state index in [0.717, 1.165) is 21.7 Å². The fourth-order valence-corrected chi connectivity index (χ4v) is 12.2. The molecule has 0 aliphatic carbocycles. The van der Waals surface area contributed by atoms with Crippen molar-refractivity contribution >= 4 is 85.1 Å². The first-order valence-corrected chi connectivity index (χ1v) is 17.9. The predicted octanol–water partition coefficient (Wildman–Crippen LogP) is 6.09. The zero-order valence-electron chi connectivity index (χ0n) is 23.8. The number of likely N-dealkylation sites (tertiary alicyclic amines) is 1. The molecule has 0 spiro atoms. The van der Waals surface area contributed by atoms with Crippen molar-refractivity contribution in [1.29, 1.82) is 0 Å². The predicted molar refractivity (Wildman–Crippen MR) is 187 cm³/mol. The van der Waals surface area contributed by atoms with E-state index in [1.54, 1.807) is 17.0 Å². The molecule has 0 bridgehead atoms. The Bertz CT molecular complexity index is 1620. The Morgan fingerprint density at radius 2 is 1.41 bits per heavy atom. The summed E-state index contributed by atoms with van der Waals surface area (Å²) in [6.45, 7) is -1.13. The molecule has 1 fully saturated rings. The van der Waals surface area contributed by atoms with E-state index in [9.17, 15) is 19.7 Å². The first kappa shape index (κ1) is 31.7. The lowest BCUT2D eigenvalue weighted by molar-refractivity contribution is -0.384. The highest BCUT2D eigenvalue weighted by Gasteiger charge is 2.47. The summed E-state index contributed by atoms with van der Waals surface area (Å²) >= 11 is 8.56. The van der Waals surface area contributed by atoms with E-state index >= 15 is 0 Å². The van der Waals surface area contributed by atoms with Gasteiger partial charge in [0.25, 0.3) is 5.69 Å². The minimum Gasteiger partial charge on any atom is -0.456 e. The van der Waals surface area contributed by atoms with Gasteiger partial charge in [0.15, 0.2) is 0 Å². The number of nitrogens with zero attached hydrogens (tertiary/aromatic N) is 2. The number of rotatable bonds is 10. The second-order valence-electron chi connectivity index (χ2n) is 9.72. The van der Waals surface area contributed by atoms with Crippen LogP contribution in [0.25, 0.3) is 0 Å². The van der Waals surface area contributed by atoms with Gasteiger partial charge >= 0.3 is 5.97 Å². The second kappa shape index (κ2) is 14.4. The monoisotopic (exact) mass is 660 g/mol. The van der Waals surface area contributed by atoms with Gasteiger partial charge in [-0.1, -0.05) is 122 Å². The molecule has 1 aliphatic rings. The van der Waals surface area contributed by atoms with Crippen molar-refractivity contribution in [2.45, 2.75) is 25.3 Å². The number of nitro benzene ring substituents is 1. The van der Waals surface area contributed by atoms with Crippen molar-refractivity contribution in [2.75, 3.05) is 5.75 Å². The third-order valence-corrected chi connectivity index (χ3v) is 14.0. The van der Waals surface area contributed by atoms with E-state index in [1.165, 1.54) is 35.7 Å². The number of benzene rings is 4. The van der Waals surface area contributed by atoms with Gasteiger partial charge in [0, 0.05) is 19.0 Å². The number of carbonyl (C=O) groups is 2. The summed E-state index contributed by atoms with van der Waals surface area (Å²) in [4.78, 5) is 40.5. The Morgan fingerprint density at radius 3 is 1.84 bits per heavy atom. The van der Waals surface area contributed by atoms with Crippen LogP contribution in [0.2, 0.25) is 0 Å². The van der Waals surface area contributed by atoms with E-state index in [0.29, 0.717) is 9.09 Å². The number of non-ortho nitro benzene ring substituents is 1. The third-order valence-electron chi connectivity index (χ3n) is 7.08. The Labute approximate surface area is 270 Å². The van der Waals surface area contributed by atoms with Crippen LogP contribution in [0.1, 0.15) is 18.9 Å². The van der Waals surface area contributed by atoms with Gasteiger partial charge in [0.2, 0.25) is 5.91 Å². The van der Waals surface area contributed by atoms with Gasteiger partial charge in [-0.05, 0) is 39.4 Å². The number of hydrogen-bond donors (Lipinski definition) is 0. The number of thioether (sulfide) groups is 2. The van der Waals surface area contributed by atoms with Crippen molar-refractivity contribution in [1.82, 2.24) is 4.90 Å². The Kier molecular flexibility index (Phi) is 10.4. The number of ether oxygens (including phenoxy) is 1. The fraction of sp³-hybridized carbons (Fsp3) is 0.152. The van der Waals surface area contributed by atoms with Gasteiger partial charge in [-0.15, -0.1) is 11.8 Å². The summed E-state index contributed by atoms with van der Waals surface area (Å²) in [5.74, 6) is -0.00258. The molecule has 4 aromatic carbocycles. The van der Waals surface area contributed by atoms with Gasteiger partial charge in [0.05, 0.1) is 16.7 Å². The van der Waals surface area contributed by atoms with Crippen LogP contribution in [0.4, 0.5) is 5.69 Å². The number of nitro groups is 1. The molecule has 7 nitrogen and oxygen atoms in total. The molecule has 224 valence electrons. The molecule has 0 unspecified atom stereocenters. The summed E-state index contributed by atoms with van der Waals surface area (Å²) in [7, 11) is 0. The van der Waals surface area contributed by atoms with Crippen molar-refractivity contribution in [3.8, 4) is 0 Å². The smallest absolute Gasteiger partial charge is 0.356 e. The fourth-order valence-electron chi connectivity index (χ4n) is 5.09. The molecular formula is C33H29N2O5PS3. The number of carbonyl (C=O) groups excluding carboxylic acids is 2. The second-order valence-corrected chi connectivity index (χ2v) is 16.7. The minimum absolute atomic E-state index is 0.0542. The normalized spacial score (nSPS) is 14.4. The van der Waals surface area contributed by atoms with Crippen LogP contribution >= 0.6 is 42.6 Å². The highest BCUT2D eigenvalue weighted by atomic mass is 32.2. The third kappa shape index (κ3) is 6.54. The number of β-lactam (4-membered cyclic amide) rings is 1. The maximum atomic E-state index is 14.6. The van der Waals surface area contributed by atoms with Crippen LogP contribution in [-0.2, 0) is 20.9 Å². The molecule has 0 radical (unpaired) electrons. The van der Waals surface area contributed by atoms with Crippen LogP contribution in [0.5, 0.6) is 0 Å². The molecule has 1 heterocycles. The molecule has 0 N–H and O–H groups in total. The molecule has 1 saturated heterocycles. The first-order chi connectivity index (χ1) is 21.4. The first-order valence-electron chi connectivity index (χ1n) is 13.9. The lowest BCUT2D eigenvalue weighted by atomic mass is 10.2. The van der Waals surface area contributed by atoms with E-state index in [4.69, 9.17) is 17.0 Å². The van der Waals surface area contributed by atoms with Gasteiger partial charge in [-0.3, -0.25) is 19.8 Å². The zero-order valence-corrected chi connectivity index (χ0v) is 27.1. The molecule has 4 aromatic rings. The molecule has 1 atom stereocenters. The topological polar surface area (TPSA) is 89.8 Å². The summed E-state index contributed by atoms with van der Waals surface area (Å²) in [6, 6.07) is 35.3. The summed E-state index contributed by atoms with van der Waals surface area (Å²) in [6.07, 6.45) is 0.243. The molecule has 1 amide bonds. The van der Waals surface area contributed by atoms with Crippen molar-refractivity contribution in [2.24, 2.45) is 0 Å². The van der Waals surface area contributed by atoms with E-state index in [-0.39, 0.29) is 35.4 Å². The van der Waals surface area contributed by atoms with Crippen LogP contribution in [0.3, 0.4) is 0 Å². The van der Waals surface area contributed by atoms with E-state index < -0.39 is 17.8 Å². The average molecular weight is 661 g/mol. The standard InChI is InChI=1S/C33H29N2O5PS3/c1-2-43-33(42)44-30-22-29(36)34(30)31(32(37)40-23-24-18-20-25(21-19-24)35(38)39)41(26-12-6-3-7-13-26,27-14-8-4-9-15-27)28-16-10-5-11-17-28/h3-21,30H,2,22-23H2,1H3/t30-/m0/s1. The van der Waals surface area contributed by atoms with Crippen molar-refractivity contribution < 1.29 is 19.2 Å². The Balaban J connectivity index is 1.76. The molecule has 1 aliphatic heterocycles. The van der Waals surface area contributed by atoms with Crippen molar-refractivity contribution in [3.05, 3.63) is 131 Å². The molecule has 0 saturated carbocycles. The summed E-state index contributed by atoms with van der Waals surface area (Å²) < 4.78 is 6.71. The average Bonchev–Trinajstić information content (AvgIpc) is 3.05. The van der Waals surface area contributed by atoms with Gasteiger partial charge in [0.1, 0.15) is 15.6 Å². The maximum absolute atomic E-state index is 14.6. The van der Waals surface area contributed by atoms with Crippen molar-refractivity contribution in [3.63, 3.8) is 0 Å². The number of hydrogen-bond acceptors (Lipinski definition) is 8. The van der Waals surface area contributed by atoms with Crippen LogP contribution in [-0.4, -0.2) is 41.8 Å². The largest absolute Gasteiger partial charge is 0.456 e. The molecule has 5 rings (SSSR count). The van der Waals surface area contributed by atoms with Gasteiger partial charge in [-0.25, -0.2) is 4.79 Å². The minimum atomic E-state index is -3.02. The lowest BCUT2D eigenvalue weighted by Gasteiger charge is -2.44. The molecule has 11 heteroatoms. The molecule has 44 heavy (non-hydrogen) atoms. The highest BCUT2D eigenvalue weighted by Crippen LogP contribution is 2.50. The maximum Gasteiger partial charge on any atom is 0.356 e. The number of thiocarbonyl (C=S) groups is 1. The van der Waals surface area contributed by atoms with Gasteiger partial charge < -0.3 is 4.74 Å². The highest BCUT2D eigenvalue weighted by molar-refractivity contribution is 8.47. The van der Waals surface area contributed by atoms with E-state index in [2.05, 4.69) is 0 Å². The Morgan fingerprint density at radius 1 is 0.909 bits per heavy atom. The number of amides is 1. The van der Waals surface area contributed by atoms with E-state index in [1.807, 2.05) is 97.9 Å². The number of esters is 1. The quantitative estimate of drug-likeness (QED) is 0.0504. The van der Waals surface area contributed by atoms with Gasteiger partial charge in [-0.2, -0.15) is 0 Å². The lowest BCUT2D eigenvalue weighted by Crippen LogP contribution is -2.58. The summed E-state index contributed by atoms with van der Waals surface area (Å²) in [5.41, 5.74) is 0.815. The molecule has 0 aromatic heterocycles. The van der Waals surface area contributed by atoms with Crippen LogP contribution < -0.4 is 15.9 Å². The van der Waals surface area contributed by atoms with Crippen LogP contribution in [0, 0.1) is 10.1 Å². The molecular weight excluding hydrogens is 632 g/mol. The van der Waals surface area contributed by atoms with Crippen LogP contribution in [0.15, 0.2) is 115 Å². The SMILES string of the molecule is CCSC(=S)S[C@H]1CC(=O)N1C(C(=O)OCc1ccc([N+](=O)[O-])cc1)=P(c1ccccc1)(c1ccccc1)c1ccccc1. The summed E-state index contributed by atoms with van der Waals surface area (Å²) in [5, 5.41) is 13.5. The Hall–Kier alpha value is -3.69.